The molecule has 0 atom stereocenters. The average Bonchev–Trinajstić information content (AvgIpc) is 2.51. The lowest BCUT2D eigenvalue weighted by atomic mass is 9.74. The van der Waals surface area contributed by atoms with E-state index in [4.69, 9.17) is 21.1 Å². The molecule has 0 N–H and O–H groups in total. The molecule has 2 nitrogen and oxygen atoms in total. The Morgan fingerprint density at radius 2 is 1.37 bits per heavy atom. The largest absolute Gasteiger partial charge is 0.486 e. The third-order valence-electron chi connectivity index (χ3n) is 4.60. The van der Waals surface area contributed by atoms with Crippen LogP contribution in [0, 0.1) is 0 Å². The molecule has 27 heavy (non-hydrogen) atoms. The minimum atomic E-state index is -0.00322. The van der Waals surface area contributed by atoms with E-state index in [1.807, 2.05) is 0 Å². The smallest absolute Gasteiger partial charge is 0.196 e. The van der Waals surface area contributed by atoms with Crippen molar-refractivity contribution in [2.24, 2.45) is 4.74 Å². The number of allylic oxidation sites excluding steroid dienone is 1. The molecule has 0 bridgehead atoms. The van der Waals surface area contributed by atoms with Crippen LogP contribution in [0.1, 0.15) is 92.3 Å². The Bertz CT molecular complexity index is 693. The first-order valence-electron chi connectivity index (χ1n) is 9.66. The van der Waals surface area contributed by atoms with E-state index in [1.54, 1.807) is 7.11 Å². The van der Waals surface area contributed by atoms with Crippen LogP contribution in [0.3, 0.4) is 0 Å². The van der Waals surface area contributed by atoms with Crippen molar-refractivity contribution in [3.63, 3.8) is 0 Å². The molecule has 0 aliphatic rings. The highest BCUT2D eigenvalue weighted by atomic mass is 35.5. The van der Waals surface area contributed by atoms with Crippen LogP contribution < -0.4 is 0 Å². The van der Waals surface area contributed by atoms with E-state index >= 15 is 0 Å². The zero-order valence-corrected chi connectivity index (χ0v) is 20.7. The quantitative estimate of drug-likeness (QED) is 0.359. The molecule has 0 saturated heterocycles. The van der Waals surface area contributed by atoms with Gasteiger partial charge in [0.1, 0.15) is 0 Å². The van der Waals surface area contributed by atoms with Crippen molar-refractivity contribution in [1.82, 2.24) is 0 Å². The van der Waals surface area contributed by atoms with Gasteiger partial charge in [0.15, 0.2) is 5.22 Å². The molecule has 0 aliphatic heterocycles. The zero-order chi connectivity index (χ0) is 21.2. The topological polar surface area (TPSA) is 21.6 Å². The highest BCUT2D eigenvalue weighted by Crippen LogP contribution is 2.45. The summed E-state index contributed by atoms with van der Waals surface area (Å²) in [6, 6.07) is 4.69. The SMILES string of the molecule is CC/C(P=Nc1c(C(C)(C)C)cc(C(C)(C)C)cc1C(C)(C)C)=C(/Cl)OC. The molecule has 0 radical (unpaired) electrons. The highest BCUT2D eigenvalue weighted by molar-refractivity contribution is 7.32. The normalized spacial score (nSPS) is 14.5. The Morgan fingerprint density at radius 1 is 0.926 bits per heavy atom. The van der Waals surface area contributed by atoms with E-state index in [-0.39, 0.29) is 16.2 Å². The third kappa shape index (κ3) is 6.33. The van der Waals surface area contributed by atoms with Crippen LogP contribution in [-0.2, 0) is 21.0 Å². The Hall–Kier alpha value is -0.850. The number of hydrogen-bond acceptors (Lipinski definition) is 2. The predicted molar refractivity (Wildman–Crippen MR) is 122 cm³/mol. The lowest BCUT2D eigenvalue weighted by Gasteiger charge is -2.32. The minimum absolute atomic E-state index is 0.00322. The Morgan fingerprint density at radius 3 is 1.67 bits per heavy atom. The molecule has 0 fully saturated rings. The summed E-state index contributed by atoms with van der Waals surface area (Å²) in [4.78, 5) is 0. The number of nitrogens with zero attached hydrogens (tertiary/aromatic N) is 1. The lowest BCUT2D eigenvalue weighted by molar-refractivity contribution is 0.319. The van der Waals surface area contributed by atoms with Gasteiger partial charge < -0.3 is 4.74 Å². The summed E-state index contributed by atoms with van der Waals surface area (Å²) in [7, 11) is 2.45. The van der Waals surface area contributed by atoms with Crippen LogP contribution in [0.5, 0.6) is 0 Å². The Labute approximate surface area is 173 Å². The predicted octanol–water partition coefficient (Wildman–Crippen LogP) is 8.80. The van der Waals surface area contributed by atoms with E-state index in [0.29, 0.717) is 5.22 Å². The van der Waals surface area contributed by atoms with Gasteiger partial charge in [-0.15, -0.1) is 0 Å². The molecule has 152 valence electrons. The van der Waals surface area contributed by atoms with E-state index in [0.717, 1.165) is 25.8 Å². The van der Waals surface area contributed by atoms with Gasteiger partial charge in [0.05, 0.1) is 18.1 Å². The lowest BCUT2D eigenvalue weighted by Crippen LogP contribution is -2.21. The highest BCUT2D eigenvalue weighted by Gasteiger charge is 2.29. The summed E-state index contributed by atoms with van der Waals surface area (Å²) < 4.78 is 10.3. The second-order valence-corrected chi connectivity index (χ2v) is 11.4. The number of benzene rings is 1. The molecule has 1 aromatic rings. The fraction of sp³-hybridized carbons (Fsp3) is 0.652. The van der Waals surface area contributed by atoms with Crippen molar-refractivity contribution in [2.45, 2.75) is 91.9 Å². The summed E-state index contributed by atoms with van der Waals surface area (Å²) in [5, 5.41) is 1.45. The van der Waals surface area contributed by atoms with E-state index in [2.05, 4.69) is 81.4 Å². The van der Waals surface area contributed by atoms with Crippen molar-refractivity contribution in [3.8, 4) is 0 Å². The van der Waals surface area contributed by atoms with Crippen molar-refractivity contribution in [2.75, 3.05) is 7.11 Å². The third-order valence-corrected chi connectivity index (χ3v) is 6.18. The maximum Gasteiger partial charge on any atom is 0.196 e. The fourth-order valence-corrected chi connectivity index (χ4v) is 3.79. The first-order chi connectivity index (χ1) is 12.1. The average molecular weight is 410 g/mol. The van der Waals surface area contributed by atoms with Crippen LogP contribution >= 0.6 is 20.0 Å². The summed E-state index contributed by atoms with van der Waals surface area (Å²) in [5.74, 6) is 0. The maximum atomic E-state index is 6.23. The molecule has 0 amide bonds. The van der Waals surface area contributed by atoms with Crippen LogP contribution in [0.25, 0.3) is 0 Å². The molecule has 0 spiro atoms. The molecule has 1 rings (SSSR count). The minimum Gasteiger partial charge on any atom is -0.486 e. The number of hydrogen-bond donors (Lipinski definition) is 0. The monoisotopic (exact) mass is 409 g/mol. The number of ether oxygens (including phenoxy) is 1. The van der Waals surface area contributed by atoms with E-state index in [1.165, 1.54) is 16.7 Å². The van der Waals surface area contributed by atoms with Crippen LogP contribution in [0.15, 0.2) is 27.4 Å². The van der Waals surface area contributed by atoms with Crippen molar-refractivity contribution >= 4 is 25.7 Å². The summed E-state index contributed by atoms with van der Waals surface area (Å²) >= 11 is 6.23. The molecule has 0 heterocycles. The standard InChI is InChI=1S/C23H37ClNOP/c1-12-18(20(24)26-11)27-25-19-16(22(5,6)7)13-15(21(2,3)4)14-17(19)23(8,9)10/h13-14H,12H2,1-11H3/b20-18+. The molecular formula is C23H37ClNOP. The first kappa shape index (κ1) is 24.2. The molecule has 0 unspecified atom stereocenters. The second-order valence-electron chi connectivity index (χ2n) is 10.1. The van der Waals surface area contributed by atoms with Gasteiger partial charge in [-0.05, 0) is 51.0 Å². The number of halogens is 1. The van der Waals surface area contributed by atoms with Gasteiger partial charge in [0.2, 0.25) is 0 Å². The molecule has 1 aromatic carbocycles. The van der Waals surface area contributed by atoms with Gasteiger partial charge in [-0.1, -0.05) is 81.4 Å². The van der Waals surface area contributed by atoms with Crippen molar-refractivity contribution < 1.29 is 4.74 Å². The van der Waals surface area contributed by atoms with Crippen LogP contribution in [0.4, 0.5) is 5.69 Å². The number of rotatable bonds is 4. The molecule has 0 saturated carbocycles. The van der Waals surface area contributed by atoms with Crippen LogP contribution in [-0.4, -0.2) is 7.11 Å². The second kappa shape index (κ2) is 8.66. The van der Waals surface area contributed by atoms with Crippen LogP contribution in [0.2, 0.25) is 0 Å². The van der Waals surface area contributed by atoms with E-state index < -0.39 is 0 Å². The van der Waals surface area contributed by atoms with Crippen molar-refractivity contribution in [1.29, 1.82) is 0 Å². The maximum absolute atomic E-state index is 6.23. The van der Waals surface area contributed by atoms with Gasteiger partial charge in [0, 0.05) is 8.37 Å². The summed E-state index contributed by atoms with van der Waals surface area (Å²) in [6.07, 6.45) is 0.813. The zero-order valence-electron chi connectivity index (χ0n) is 19.0. The molecule has 4 heteroatoms. The fourth-order valence-electron chi connectivity index (χ4n) is 2.80. The first-order valence-corrected chi connectivity index (χ1v) is 10.9. The van der Waals surface area contributed by atoms with Gasteiger partial charge in [-0.25, -0.2) is 4.74 Å². The Balaban J connectivity index is 3.85. The molecular weight excluding hydrogens is 373 g/mol. The van der Waals surface area contributed by atoms with Gasteiger partial charge >= 0.3 is 0 Å². The van der Waals surface area contributed by atoms with Gasteiger partial charge in [-0.2, -0.15) is 0 Å². The summed E-state index contributed by atoms with van der Waals surface area (Å²) in [5.41, 5.74) is 5.11. The summed E-state index contributed by atoms with van der Waals surface area (Å²) in [6.45, 7) is 22.5. The van der Waals surface area contributed by atoms with E-state index in [9.17, 15) is 0 Å². The molecule has 0 aliphatic carbocycles. The Kier molecular flexibility index (Phi) is 7.76. The van der Waals surface area contributed by atoms with Gasteiger partial charge in [0.25, 0.3) is 0 Å². The number of methoxy groups -OCH3 is 1. The van der Waals surface area contributed by atoms with Gasteiger partial charge in [-0.3, -0.25) is 0 Å². The molecule has 0 aromatic heterocycles. The van der Waals surface area contributed by atoms with Crippen molar-refractivity contribution in [3.05, 3.63) is 39.4 Å².